The lowest BCUT2D eigenvalue weighted by atomic mass is 9.52. The second kappa shape index (κ2) is 2.02. The fraction of sp³-hybridized carbons (Fsp3) is 0.889. The summed E-state index contributed by atoms with van der Waals surface area (Å²) in [4.78, 5) is 7.29. The molecule has 0 aromatic heterocycles. The van der Waals surface area contributed by atoms with Crippen LogP contribution in [0.1, 0.15) is 6.42 Å². The molecule has 1 saturated heterocycles. The van der Waals surface area contributed by atoms with Crippen LogP contribution in [0.3, 0.4) is 0 Å². The van der Waals surface area contributed by atoms with Crippen molar-refractivity contribution < 1.29 is 4.84 Å². The first-order valence-electron chi connectivity index (χ1n) is 4.64. The topological polar surface area (TPSA) is 24.8 Å². The van der Waals surface area contributed by atoms with Crippen molar-refractivity contribution in [3.8, 4) is 0 Å². The fourth-order valence-corrected chi connectivity index (χ4v) is 3.29. The molecule has 0 amide bonds. The van der Waals surface area contributed by atoms with Crippen molar-refractivity contribution in [3.63, 3.8) is 0 Å². The van der Waals surface area contributed by atoms with Gasteiger partial charge < -0.3 is 4.84 Å². The minimum atomic E-state index is 0.633. The maximum atomic E-state index is 4.86. The summed E-state index contributed by atoms with van der Waals surface area (Å²) in [6.07, 6.45) is 1.35. The van der Waals surface area contributed by atoms with E-state index in [1.807, 2.05) is 0 Å². The van der Waals surface area contributed by atoms with Crippen LogP contribution < -0.4 is 0 Å². The highest BCUT2D eigenvalue weighted by atomic mass is 16.6. The van der Waals surface area contributed by atoms with Crippen LogP contribution in [0, 0.1) is 17.8 Å². The van der Waals surface area contributed by atoms with Crippen LogP contribution in [-0.2, 0) is 4.84 Å². The van der Waals surface area contributed by atoms with Crippen LogP contribution in [0.4, 0.5) is 0 Å². The van der Waals surface area contributed by atoms with E-state index in [1.54, 1.807) is 7.11 Å². The Morgan fingerprint density at radius 3 is 3.17 bits per heavy atom. The summed E-state index contributed by atoms with van der Waals surface area (Å²) < 4.78 is 0. The molecule has 4 atom stereocenters. The SMILES string of the molecule is CO/N=C1\C2C[C@@H]3CN(C)[C@H]1[C@H]23. The van der Waals surface area contributed by atoms with Gasteiger partial charge in [-0.2, -0.15) is 0 Å². The Bertz CT molecular complexity index is 251. The summed E-state index contributed by atoms with van der Waals surface area (Å²) in [7, 11) is 3.84. The summed E-state index contributed by atoms with van der Waals surface area (Å²) in [5.41, 5.74) is 1.30. The van der Waals surface area contributed by atoms with Crippen LogP contribution in [-0.4, -0.2) is 37.4 Å². The number of nitrogens with zero attached hydrogens (tertiary/aromatic N) is 2. The summed E-state index contributed by atoms with van der Waals surface area (Å²) in [5.74, 6) is 2.69. The number of hydrogen-bond donors (Lipinski definition) is 0. The second-order valence-electron chi connectivity index (χ2n) is 4.26. The van der Waals surface area contributed by atoms with Crippen molar-refractivity contribution in [1.82, 2.24) is 4.90 Å². The van der Waals surface area contributed by atoms with Gasteiger partial charge in [0.1, 0.15) is 7.11 Å². The first kappa shape index (κ1) is 6.89. The molecule has 1 heterocycles. The van der Waals surface area contributed by atoms with Gasteiger partial charge in [-0.15, -0.1) is 0 Å². The maximum absolute atomic E-state index is 4.86. The molecule has 3 heteroatoms. The van der Waals surface area contributed by atoms with E-state index in [1.165, 1.54) is 18.7 Å². The smallest absolute Gasteiger partial charge is 0.106 e. The van der Waals surface area contributed by atoms with Gasteiger partial charge >= 0.3 is 0 Å². The molecular weight excluding hydrogens is 152 g/mol. The first-order chi connectivity index (χ1) is 5.83. The van der Waals surface area contributed by atoms with Crippen LogP contribution in [0.25, 0.3) is 0 Å². The largest absolute Gasteiger partial charge is 0.399 e. The van der Waals surface area contributed by atoms with Crippen molar-refractivity contribution in [2.45, 2.75) is 12.5 Å². The fourth-order valence-electron chi connectivity index (χ4n) is 3.29. The molecule has 3 fully saturated rings. The monoisotopic (exact) mass is 166 g/mol. The van der Waals surface area contributed by atoms with E-state index >= 15 is 0 Å². The third-order valence-electron chi connectivity index (χ3n) is 3.81. The van der Waals surface area contributed by atoms with E-state index in [0.29, 0.717) is 6.04 Å². The normalized spacial score (nSPS) is 53.0. The molecule has 0 aromatic rings. The Hall–Kier alpha value is -0.570. The summed E-state index contributed by atoms with van der Waals surface area (Å²) in [6.45, 7) is 1.27. The molecule has 0 N–H and O–H groups in total. The lowest BCUT2D eigenvalue weighted by Crippen LogP contribution is -2.61. The maximum Gasteiger partial charge on any atom is 0.106 e. The van der Waals surface area contributed by atoms with E-state index in [-0.39, 0.29) is 0 Å². The number of hydrogen-bond acceptors (Lipinski definition) is 3. The van der Waals surface area contributed by atoms with Crippen LogP contribution in [0.2, 0.25) is 0 Å². The van der Waals surface area contributed by atoms with E-state index in [0.717, 1.165) is 17.8 Å². The zero-order valence-corrected chi connectivity index (χ0v) is 7.53. The van der Waals surface area contributed by atoms with Gasteiger partial charge in [-0.3, -0.25) is 4.90 Å². The summed E-state index contributed by atoms with van der Waals surface area (Å²) >= 11 is 0. The molecule has 0 bridgehead atoms. The van der Waals surface area contributed by atoms with Crippen molar-refractivity contribution >= 4 is 5.71 Å². The lowest BCUT2D eigenvalue weighted by Gasteiger charge is -2.53. The second-order valence-corrected chi connectivity index (χ2v) is 4.26. The third kappa shape index (κ3) is 0.565. The van der Waals surface area contributed by atoms with Gasteiger partial charge in [-0.1, -0.05) is 5.16 Å². The molecule has 2 saturated carbocycles. The standard InChI is InChI=1S/C9H14N2O/c1-11-4-5-3-6-7(5)9(11)8(6)10-12-2/h5-7,9H,3-4H2,1-2H3/b10-8+/t5-,6?,7+,9+/m1/s1. The highest BCUT2D eigenvalue weighted by Crippen LogP contribution is 2.58. The van der Waals surface area contributed by atoms with Crippen LogP contribution >= 0.6 is 0 Å². The lowest BCUT2D eigenvalue weighted by molar-refractivity contribution is 0.0977. The van der Waals surface area contributed by atoms with E-state index < -0.39 is 0 Å². The first-order valence-corrected chi connectivity index (χ1v) is 4.64. The molecule has 0 spiro atoms. The average molecular weight is 166 g/mol. The van der Waals surface area contributed by atoms with Gasteiger partial charge in [-0.05, 0) is 25.3 Å². The summed E-state index contributed by atoms with van der Waals surface area (Å²) in [6, 6.07) is 0.633. The Labute approximate surface area is 72.4 Å². The zero-order chi connectivity index (χ0) is 8.29. The van der Waals surface area contributed by atoms with Crippen molar-refractivity contribution in [3.05, 3.63) is 0 Å². The molecule has 1 unspecified atom stereocenters. The van der Waals surface area contributed by atoms with Gasteiger partial charge in [0.15, 0.2) is 0 Å². The third-order valence-corrected chi connectivity index (χ3v) is 3.81. The molecule has 3 aliphatic rings. The van der Waals surface area contributed by atoms with Crippen molar-refractivity contribution in [2.75, 3.05) is 20.7 Å². The molecule has 66 valence electrons. The Kier molecular flexibility index (Phi) is 1.16. The number of rotatable bonds is 1. The Balaban J connectivity index is 1.88. The number of likely N-dealkylation sites (tertiary alicyclic amines) is 1. The average Bonchev–Trinajstić information content (AvgIpc) is 2.17. The number of oxime groups is 1. The molecule has 2 aliphatic carbocycles. The van der Waals surface area contributed by atoms with Crippen molar-refractivity contribution in [2.24, 2.45) is 22.9 Å². The van der Waals surface area contributed by atoms with Crippen LogP contribution in [0.15, 0.2) is 5.16 Å². The zero-order valence-electron chi connectivity index (χ0n) is 7.53. The van der Waals surface area contributed by atoms with Gasteiger partial charge in [-0.25, -0.2) is 0 Å². The van der Waals surface area contributed by atoms with Gasteiger partial charge in [0, 0.05) is 12.5 Å². The van der Waals surface area contributed by atoms with E-state index in [2.05, 4.69) is 17.1 Å². The molecule has 12 heavy (non-hydrogen) atoms. The minimum Gasteiger partial charge on any atom is -0.399 e. The van der Waals surface area contributed by atoms with E-state index in [9.17, 15) is 0 Å². The molecule has 3 nitrogen and oxygen atoms in total. The predicted octanol–water partition coefficient (Wildman–Crippen LogP) is 0.569. The minimum absolute atomic E-state index is 0.633. The Morgan fingerprint density at radius 2 is 2.42 bits per heavy atom. The van der Waals surface area contributed by atoms with Crippen LogP contribution in [0.5, 0.6) is 0 Å². The van der Waals surface area contributed by atoms with Gasteiger partial charge in [0.2, 0.25) is 0 Å². The predicted molar refractivity (Wildman–Crippen MR) is 45.9 cm³/mol. The molecule has 0 radical (unpaired) electrons. The Morgan fingerprint density at radius 1 is 1.58 bits per heavy atom. The van der Waals surface area contributed by atoms with Crippen molar-refractivity contribution in [1.29, 1.82) is 0 Å². The highest BCUT2D eigenvalue weighted by molar-refractivity contribution is 5.99. The van der Waals surface area contributed by atoms with E-state index in [4.69, 9.17) is 4.84 Å². The van der Waals surface area contributed by atoms with Gasteiger partial charge in [0.25, 0.3) is 0 Å². The van der Waals surface area contributed by atoms with Gasteiger partial charge in [0.05, 0.1) is 11.8 Å². The highest BCUT2D eigenvalue weighted by Gasteiger charge is 2.64. The molecule has 1 aliphatic heterocycles. The quantitative estimate of drug-likeness (QED) is 0.532. The molecular formula is C9H14N2O. The molecule has 0 aromatic carbocycles. The molecule has 3 rings (SSSR count). The summed E-state index contributed by atoms with van der Waals surface area (Å²) in [5, 5.41) is 4.12.